The zero-order valence-corrected chi connectivity index (χ0v) is 51.0. The molecule has 0 N–H and O–H groups in total. The van der Waals surface area contributed by atoms with Crippen LogP contribution in [0.4, 0.5) is 34.1 Å². The summed E-state index contributed by atoms with van der Waals surface area (Å²) in [6, 6.07) is 115. The Kier molecular flexibility index (Phi) is 11.7. The summed E-state index contributed by atoms with van der Waals surface area (Å²) in [7, 11) is 0. The van der Waals surface area contributed by atoms with Gasteiger partial charge in [0.05, 0.1) is 22.1 Å². The summed E-state index contributed by atoms with van der Waals surface area (Å²) in [4.78, 5) is 4.93. The first kappa shape index (κ1) is 52.5. The number of aromatic nitrogens is 1. The van der Waals surface area contributed by atoms with Crippen molar-refractivity contribution in [3.63, 3.8) is 0 Å². The summed E-state index contributed by atoms with van der Waals surface area (Å²) in [6.07, 6.45) is 0. The van der Waals surface area contributed by atoms with E-state index in [4.69, 9.17) is 20.8 Å². The van der Waals surface area contributed by atoms with E-state index in [-0.39, 0.29) is 0 Å². The van der Waals surface area contributed by atoms with Crippen molar-refractivity contribution < 1.29 is 9.15 Å². The normalized spacial score (nSPS) is 13.8. The Bertz CT molecular complexity index is 5840. The molecule has 2 aliphatic rings. The molecule has 0 saturated heterocycles. The number of thiophene rings is 1. The Labute approximate surface area is 539 Å². The highest BCUT2D eigenvalue weighted by molar-refractivity contribution is 7.26. The van der Waals surface area contributed by atoms with E-state index in [1.807, 2.05) is 29.5 Å². The maximum atomic E-state index is 6.98. The lowest BCUT2D eigenvalue weighted by molar-refractivity contribution is 0.436. The molecule has 1 atom stereocenters. The van der Waals surface area contributed by atoms with E-state index in [9.17, 15) is 0 Å². The van der Waals surface area contributed by atoms with Crippen LogP contribution in [-0.4, -0.2) is 4.57 Å². The Morgan fingerprint density at radius 2 is 0.935 bits per heavy atom. The Morgan fingerprint density at radius 3 is 1.72 bits per heavy atom. The van der Waals surface area contributed by atoms with Crippen molar-refractivity contribution in [2.75, 3.05) is 9.80 Å². The molecule has 92 heavy (non-hydrogen) atoms. The van der Waals surface area contributed by atoms with E-state index < -0.39 is 5.41 Å². The number of hydrogen-bond donors (Lipinski definition) is 0. The van der Waals surface area contributed by atoms with E-state index in [1.54, 1.807) is 0 Å². The highest BCUT2D eigenvalue weighted by Crippen LogP contribution is 2.64. The molecule has 1 aliphatic heterocycles. The number of para-hydroxylation sites is 5. The smallest absolute Gasteiger partial charge is 0.143 e. The molecule has 1 aliphatic carbocycles. The van der Waals surface area contributed by atoms with Crippen molar-refractivity contribution in [2.45, 2.75) is 5.41 Å². The van der Waals surface area contributed by atoms with Crippen molar-refractivity contribution in [2.24, 2.45) is 0 Å². The van der Waals surface area contributed by atoms with Gasteiger partial charge in [0, 0.05) is 103 Å². The van der Waals surface area contributed by atoms with E-state index in [1.165, 1.54) is 31.1 Å². The number of hydrogen-bond acceptors (Lipinski definition) is 5. The molecule has 7 heteroatoms. The van der Waals surface area contributed by atoms with Gasteiger partial charge in [0.1, 0.15) is 22.7 Å². The number of rotatable bonds is 9. The maximum Gasteiger partial charge on any atom is 0.143 e. The van der Waals surface area contributed by atoms with Crippen LogP contribution in [0, 0.1) is 0 Å². The first-order valence-electron chi connectivity index (χ1n) is 31.1. The second-order valence-electron chi connectivity index (χ2n) is 24.0. The number of ether oxygens (including phenoxy) is 1. The fourth-order valence-electron chi connectivity index (χ4n) is 15.3. The van der Waals surface area contributed by atoms with Crippen LogP contribution in [-0.2, 0) is 5.41 Å². The molecule has 3 aromatic heterocycles. The van der Waals surface area contributed by atoms with E-state index in [0.717, 1.165) is 140 Å². The predicted molar refractivity (Wildman–Crippen MR) is 384 cm³/mol. The number of furan rings is 1. The average Bonchev–Trinajstić information content (AvgIpc) is 1.48. The molecule has 0 saturated carbocycles. The summed E-state index contributed by atoms with van der Waals surface area (Å²) >= 11 is 8.83. The van der Waals surface area contributed by atoms with Gasteiger partial charge in [-0.1, -0.05) is 200 Å². The lowest BCUT2D eigenvalue weighted by atomic mass is 9.66. The summed E-state index contributed by atoms with van der Waals surface area (Å²) in [5.41, 5.74) is 21.5. The summed E-state index contributed by atoms with van der Waals surface area (Å²) in [5.74, 6) is 1.53. The molecule has 0 fully saturated rings. The van der Waals surface area contributed by atoms with Crippen LogP contribution in [0.15, 0.2) is 320 Å². The summed E-state index contributed by atoms with van der Waals surface area (Å²) < 4.78 is 18.6. The van der Waals surface area contributed by atoms with Crippen LogP contribution >= 0.6 is 22.9 Å². The van der Waals surface area contributed by atoms with Gasteiger partial charge in [0.2, 0.25) is 0 Å². The van der Waals surface area contributed by atoms with Crippen molar-refractivity contribution in [1.29, 1.82) is 0 Å². The minimum Gasteiger partial charge on any atom is -0.457 e. The van der Waals surface area contributed by atoms with E-state index >= 15 is 0 Å². The maximum absolute atomic E-state index is 6.98. The SMILES string of the molecule is Clc1ccc2c(c1)Oc1ccccc1C21c2ccc(N(c3ccccc3)c3cc(-c4ccccc4)c4oc5ccccc5c4c3)cc2-c2cc(N(c3ccc4c(c3)c3ccccc3n4-c3ccccc3)c3ccc4sc5ccccc5c4c3-c3ccccc3)ccc21. The quantitative estimate of drug-likeness (QED) is 0.144. The number of halogens is 1. The largest absolute Gasteiger partial charge is 0.457 e. The van der Waals surface area contributed by atoms with Crippen LogP contribution < -0.4 is 14.5 Å². The molecule has 0 radical (unpaired) electrons. The zero-order chi connectivity index (χ0) is 60.6. The molecule has 17 aromatic rings. The molecular formula is C85H52ClN3O2S. The minimum atomic E-state index is -0.810. The van der Waals surface area contributed by atoms with Gasteiger partial charge in [-0.15, -0.1) is 11.3 Å². The number of anilines is 6. The second-order valence-corrected chi connectivity index (χ2v) is 25.5. The molecule has 0 bridgehead atoms. The lowest BCUT2D eigenvalue weighted by Crippen LogP contribution is -2.32. The van der Waals surface area contributed by atoms with Crippen molar-refractivity contribution in [3.8, 4) is 50.6 Å². The Morgan fingerprint density at radius 1 is 0.359 bits per heavy atom. The fourth-order valence-corrected chi connectivity index (χ4v) is 16.5. The van der Waals surface area contributed by atoms with Crippen molar-refractivity contribution in [1.82, 2.24) is 4.57 Å². The summed E-state index contributed by atoms with van der Waals surface area (Å²) in [6.45, 7) is 0. The molecule has 5 nitrogen and oxygen atoms in total. The standard InChI is InChI=1S/C85H52ClN3O2S/c86-55-37-41-73-79(47-55)90-78-35-19-16-32-72(78)85(73)70-42-38-58(87(56-25-9-3-10-26-56)61-51-65(53-21-5-1-6-22-53)84-69(52-61)63-30-14-18-34-77(63)91-84)48-66(70)67-49-59(39-43-71(67)85)88(60-40-44-75-68(50-60)62-29-13-17-33-74(62)89(75)57-27-11-4-12-28-57)76-45-46-81-83(64-31-15-20-36-80(64)92-81)82(76)54-23-7-2-8-24-54/h1-52H. The molecule has 1 unspecified atom stereocenters. The molecule has 432 valence electrons. The third kappa shape index (κ3) is 7.84. The Hall–Kier alpha value is -11.4. The van der Waals surface area contributed by atoms with Crippen LogP contribution in [0.2, 0.25) is 5.02 Å². The molecule has 14 aromatic carbocycles. The molecular weight excluding hydrogens is 1160 g/mol. The van der Waals surface area contributed by atoms with Gasteiger partial charge >= 0.3 is 0 Å². The number of fused-ring (bicyclic) bond motifs is 18. The first-order chi connectivity index (χ1) is 45.5. The fraction of sp³-hybridized carbons (Fsp3) is 0.0118. The topological polar surface area (TPSA) is 33.8 Å². The van der Waals surface area contributed by atoms with Crippen molar-refractivity contribution in [3.05, 3.63) is 343 Å². The lowest BCUT2D eigenvalue weighted by Gasteiger charge is -2.39. The van der Waals surface area contributed by atoms with Crippen LogP contribution in [0.5, 0.6) is 11.5 Å². The summed E-state index contributed by atoms with van der Waals surface area (Å²) in [5, 5.41) is 7.56. The zero-order valence-electron chi connectivity index (χ0n) is 49.5. The van der Waals surface area contributed by atoms with Crippen LogP contribution in [0.25, 0.3) is 103 Å². The van der Waals surface area contributed by atoms with E-state index in [0.29, 0.717) is 5.02 Å². The Balaban J connectivity index is 0.907. The molecule has 19 rings (SSSR count). The van der Waals surface area contributed by atoms with Gasteiger partial charge < -0.3 is 23.5 Å². The highest BCUT2D eigenvalue weighted by Gasteiger charge is 2.51. The van der Waals surface area contributed by atoms with E-state index in [2.05, 4.69) is 312 Å². The molecule has 0 amide bonds. The number of benzene rings is 14. The molecule has 4 heterocycles. The van der Waals surface area contributed by atoms with Crippen molar-refractivity contribution >= 4 is 121 Å². The highest BCUT2D eigenvalue weighted by atomic mass is 35.5. The van der Waals surface area contributed by atoms with Gasteiger partial charge in [-0.3, -0.25) is 0 Å². The predicted octanol–water partition coefficient (Wildman–Crippen LogP) is 24.4. The van der Waals surface area contributed by atoms with Gasteiger partial charge in [0.15, 0.2) is 0 Å². The number of nitrogens with zero attached hydrogens (tertiary/aromatic N) is 3. The van der Waals surface area contributed by atoms with Gasteiger partial charge in [-0.05, 0) is 161 Å². The van der Waals surface area contributed by atoms with Crippen LogP contribution in [0.1, 0.15) is 22.3 Å². The second kappa shape index (κ2) is 20.6. The first-order valence-corrected chi connectivity index (χ1v) is 32.3. The minimum absolute atomic E-state index is 0.613. The monoisotopic (exact) mass is 1210 g/mol. The van der Waals surface area contributed by atoms with Gasteiger partial charge in [0.25, 0.3) is 0 Å². The third-order valence-corrected chi connectivity index (χ3v) is 20.4. The molecule has 1 spiro atoms. The van der Waals surface area contributed by atoms with Crippen LogP contribution in [0.3, 0.4) is 0 Å². The van der Waals surface area contributed by atoms with Gasteiger partial charge in [-0.2, -0.15) is 0 Å². The average molecular weight is 1210 g/mol. The van der Waals surface area contributed by atoms with Gasteiger partial charge in [-0.25, -0.2) is 0 Å². The third-order valence-electron chi connectivity index (χ3n) is 19.1.